The number of hydrogen-bond acceptors (Lipinski definition) is 3. The summed E-state index contributed by atoms with van der Waals surface area (Å²) in [5, 5.41) is 0. The van der Waals surface area contributed by atoms with Gasteiger partial charge >= 0.3 is 0 Å². The molecule has 1 saturated carbocycles. The van der Waals surface area contributed by atoms with Crippen LogP contribution in [0.1, 0.15) is 42.5 Å². The van der Waals surface area contributed by atoms with Crippen LogP contribution >= 0.6 is 0 Å². The topological polar surface area (TPSA) is 67.4 Å². The molecule has 0 aromatic heterocycles. The lowest BCUT2D eigenvalue weighted by molar-refractivity contribution is -0.126. The third-order valence-electron chi connectivity index (χ3n) is 3.63. The fourth-order valence-electron chi connectivity index (χ4n) is 2.40. The van der Waals surface area contributed by atoms with Crippen molar-refractivity contribution in [3.05, 3.63) is 29.8 Å². The monoisotopic (exact) mass is 276 g/mol. The first-order valence-corrected chi connectivity index (χ1v) is 6.95. The summed E-state index contributed by atoms with van der Waals surface area (Å²) in [6, 6.07) is 6.72. The fourth-order valence-corrected chi connectivity index (χ4v) is 2.40. The molecule has 108 valence electrons. The van der Waals surface area contributed by atoms with E-state index in [1.807, 2.05) is 0 Å². The van der Waals surface area contributed by atoms with E-state index in [0.29, 0.717) is 11.3 Å². The molecule has 1 fully saturated rings. The van der Waals surface area contributed by atoms with Crippen LogP contribution in [0.3, 0.4) is 0 Å². The molecule has 0 aliphatic heterocycles. The summed E-state index contributed by atoms with van der Waals surface area (Å²) in [5.74, 6) is 0.302. The largest absolute Gasteiger partial charge is 0.497 e. The highest BCUT2D eigenvalue weighted by molar-refractivity contribution is 5.95. The fraction of sp³-hybridized carbons (Fsp3) is 0.467. The average Bonchev–Trinajstić information content (AvgIpc) is 2.53. The summed E-state index contributed by atoms with van der Waals surface area (Å²) in [6.07, 6.45) is 5.19. The van der Waals surface area contributed by atoms with Gasteiger partial charge in [0, 0.05) is 11.5 Å². The Morgan fingerprint density at radius 1 is 1.05 bits per heavy atom. The summed E-state index contributed by atoms with van der Waals surface area (Å²) < 4.78 is 5.03. The van der Waals surface area contributed by atoms with Crippen LogP contribution in [0.2, 0.25) is 0 Å². The summed E-state index contributed by atoms with van der Waals surface area (Å²) in [7, 11) is 1.57. The molecule has 0 atom stereocenters. The van der Waals surface area contributed by atoms with Gasteiger partial charge in [-0.3, -0.25) is 20.4 Å². The third kappa shape index (κ3) is 3.73. The number of ether oxygens (including phenoxy) is 1. The zero-order chi connectivity index (χ0) is 14.4. The molecule has 1 aliphatic carbocycles. The highest BCUT2D eigenvalue weighted by atomic mass is 16.5. The van der Waals surface area contributed by atoms with Gasteiger partial charge < -0.3 is 4.74 Å². The first-order chi connectivity index (χ1) is 9.70. The molecule has 0 unspecified atom stereocenters. The number of rotatable bonds is 3. The maximum atomic E-state index is 11.9. The zero-order valence-corrected chi connectivity index (χ0v) is 11.6. The lowest BCUT2D eigenvalue weighted by Crippen LogP contribution is -2.44. The Kier molecular flexibility index (Phi) is 4.98. The Morgan fingerprint density at radius 2 is 1.70 bits per heavy atom. The van der Waals surface area contributed by atoms with Gasteiger partial charge in [-0.1, -0.05) is 19.3 Å². The highest BCUT2D eigenvalue weighted by Crippen LogP contribution is 2.23. The standard InChI is InChI=1S/C15H20N2O3/c1-20-13-9-7-12(8-10-13)15(19)17-16-14(18)11-5-3-2-4-6-11/h7-11H,2-6H2,1H3,(H,16,18)(H,17,19). The van der Waals surface area contributed by atoms with Crippen LogP contribution in [0.15, 0.2) is 24.3 Å². The summed E-state index contributed by atoms with van der Waals surface area (Å²) in [4.78, 5) is 23.8. The van der Waals surface area contributed by atoms with Crippen molar-refractivity contribution >= 4 is 11.8 Å². The molecular weight excluding hydrogens is 256 g/mol. The second kappa shape index (κ2) is 6.93. The molecule has 0 heterocycles. The zero-order valence-electron chi connectivity index (χ0n) is 11.6. The van der Waals surface area contributed by atoms with E-state index < -0.39 is 0 Å². The van der Waals surface area contributed by atoms with Gasteiger partial charge in [-0.2, -0.15) is 0 Å². The van der Waals surface area contributed by atoms with Gasteiger partial charge in [-0.25, -0.2) is 0 Å². The van der Waals surface area contributed by atoms with E-state index in [1.165, 1.54) is 6.42 Å². The van der Waals surface area contributed by atoms with Gasteiger partial charge in [0.2, 0.25) is 5.91 Å². The molecule has 2 N–H and O–H groups in total. The van der Waals surface area contributed by atoms with E-state index in [9.17, 15) is 9.59 Å². The number of carbonyl (C=O) groups excluding carboxylic acids is 2. The van der Waals surface area contributed by atoms with Crippen LogP contribution < -0.4 is 15.6 Å². The van der Waals surface area contributed by atoms with E-state index in [0.717, 1.165) is 25.7 Å². The van der Waals surface area contributed by atoms with Crippen molar-refractivity contribution in [2.75, 3.05) is 7.11 Å². The van der Waals surface area contributed by atoms with Crippen LogP contribution in [0, 0.1) is 5.92 Å². The molecule has 0 saturated heterocycles. The van der Waals surface area contributed by atoms with Gasteiger partial charge in [0.1, 0.15) is 5.75 Å². The SMILES string of the molecule is COc1ccc(C(=O)NNC(=O)C2CCCCC2)cc1. The number of carbonyl (C=O) groups is 2. The highest BCUT2D eigenvalue weighted by Gasteiger charge is 2.21. The molecule has 2 rings (SSSR count). The van der Waals surface area contributed by atoms with Crippen molar-refractivity contribution in [3.8, 4) is 5.75 Å². The van der Waals surface area contributed by atoms with Gasteiger partial charge in [0.15, 0.2) is 0 Å². The second-order valence-electron chi connectivity index (χ2n) is 5.01. The first kappa shape index (κ1) is 14.4. The van der Waals surface area contributed by atoms with Gasteiger partial charge in [0.05, 0.1) is 7.11 Å². The lowest BCUT2D eigenvalue weighted by Gasteiger charge is -2.20. The molecule has 2 amide bonds. The van der Waals surface area contributed by atoms with Crippen molar-refractivity contribution in [3.63, 3.8) is 0 Å². The van der Waals surface area contributed by atoms with Gasteiger partial charge in [-0.15, -0.1) is 0 Å². The lowest BCUT2D eigenvalue weighted by atomic mass is 9.89. The van der Waals surface area contributed by atoms with E-state index in [4.69, 9.17) is 4.74 Å². The van der Waals surface area contributed by atoms with E-state index in [2.05, 4.69) is 10.9 Å². The summed E-state index contributed by atoms with van der Waals surface area (Å²) in [6.45, 7) is 0. The molecule has 5 heteroatoms. The Morgan fingerprint density at radius 3 is 2.30 bits per heavy atom. The van der Waals surface area contributed by atoms with Crippen LogP contribution in [-0.2, 0) is 4.79 Å². The van der Waals surface area contributed by atoms with Crippen LogP contribution in [-0.4, -0.2) is 18.9 Å². The molecule has 0 bridgehead atoms. The predicted molar refractivity (Wildman–Crippen MR) is 75.2 cm³/mol. The Labute approximate surface area is 118 Å². The molecule has 1 aromatic carbocycles. The molecule has 1 aliphatic rings. The van der Waals surface area contributed by atoms with E-state index in [-0.39, 0.29) is 17.7 Å². The third-order valence-corrected chi connectivity index (χ3v) is 3.63. The maximum Gasteiger partial charge on any atom is 0.269 e. The molecule has 0 radical (unpaired) electrons. The first-order valence-electron chi connectivity index (χ1n) is 6.95. The van der Waals surface area contributed by atoms with Crippen molar-refractivity contribution in [2.45, 2.75) is 32.1 Å². The molecule has 5 nitrogen and oxygen atoms in total. The molecule has 1 aromatic rings. The number of benzene rings is 1. The number of nitrogens with one attached hydrogen (secondary N) is 2. The quantitative estimate of drug-likeness (QED) is 0.830. The van der Waals surface area contributed by atoms with Crippen molar-refractivity contribution in [2.24, 2.45) is 5.92 Å². The average molecular weight is 276 g/mol. The predicted octanol–water partition coefficient (Wildman–Crippen LogP) is 2.04. The van der Waals surface area contributed by atoms with Gasteiger partial charge in [-0.05, 0) is 37.1 Å². The Hall–Kier alpha value is -2.04. The molecular formula is C15H20N2O3. The van der Waals surface area contributed by atoms with Crippen LogP contribution in [0.4, 0.5) is 0 Å². The van der Waals surface area contributed by atoms with Crippen molar-refractivity contribution in [1.82, 2.24) is 10.9 Å². The van der Waals surface area contributed by atoms with E-state index >= 15 is 0 Å². The van der Waals surface area contributed by atoms with Crippen molar-refractivity contribution < 1.29 is 14.3 Å². The van der Waals surface area contributed by atoms with Crippen LogP contribution in [0.5, 0.6) is 5.75 Å². The molecule has 20 heavy (non-hydrogen) atoms. The summed E-state index contributed by atoms with van der Waals surface area (Å²) >= 11 is 0. The Bertz CT molecular complexity index is 465. The van der Waals surface area contributed by atoms with Gasteiger partial charge in [0.25, 0.3) is 5.91 Å². The maximum absolute atomic E-state index is 11.9. The number of hydrazine groups is 1. The Balaban J connectivity index is 1.83. The minimum absolute atomic E-state index is 0.0277. The smallest absolute Gasteiger partial charge is 0.269 e. The van der Waals surface area contributed by atoms with Crippen molar-refractivity contribution in [1.29, 1.82) is 0 Å². The summed E-state index contributed by atoms with van der Waals surface area (Å²) in [5.41, 5.74) is 5.44. The number of methoxy groups -OCH3 is 1. The van der Waals surface area contributed by atoms with E-state index in [1.54, 1.807) is 31.4 Å². The minimum Gasteiger partial charge on any atom is -0.497 e. The van der Waals surface area contributed by atoms with Crippen LogP contribution in [0.25, 0.3) is 0 Å². The second-order valence-corrected chi connectivity index (χ2v) is 5.01. The number of hydrogen-bond donors (Lipinski definition) is 2. The number of amides is 2. The minimum atomic E-state index is -0.322. The normalized spacial score (nSPS) is 15.4. The molecule has 0 spiro atoms.